The van der Waals surface area contributed by atoms with Crippen LogP contribution in [0.5, 0.6) is 0 Å². The topological polar surface area (TPSA) is 71.3 Å². The first-order valence-corrected chi connectivity index (χ1v) is 5.41. The van der Waals surface area contributed by atoms with Crippen LogP contribution in [0.2, 0.25) is 0 Å². The molecule has 5 nitrogen and oxygen atoms in total. The number of nitrogens with zero attached hydrogens (tertiary/aromatic N) is 1. The molecule has 0 spiro atoms. The number of carboxylic acids is 1. The van der Waals surface area contributed by atoms with Crippen molar-refractivity contribution in [2.75, 3.05) is 0 Å². The van der Waals surface area contributed by atoms with E-state index in [1.165, 1.54) is 28.2 Å². The number of halogens is 3. The predicted molar refractivity (Wildman–Crippen MR) is 59.7 cm³/mol. The van der Waals surface area contributed by atoms with Crippen molar-refractivity contribution in [1.82, 2.24) is 9.88 Å². The van der Waals surface area contributed by atoms with Crippen LogP contribution in [0.1, 0.15) is 24.3 Å². The molecular weight excluding hydrogens is 265 g/mol. The SMILES string of the molecule is CCn1cccc1C(=O)NC(C)(C(=O)O)C(F)(F)F. The van der Waals surface area contributed by atoms with Crippen molar-refractivity contribution in [2.45, 2.75) is 32.1 Å². The summed E-state index contributed by atoms with van der Waals surface area (Å²) in [4.78, 5) is 22.5. The molecule has 0 aliphatic carbocycles. The van der Waals surface area contributed by atoms with Gasteiger partial charge in [0.15, 0.2) is 0 Å². The summed E-state index contributed by atoms with van der Waals surface area (Å²) in [5, 5.41) is 10.2. The minimum absolute atomic E-state index is 0.0285. The molecule has 1 amide bonds. The molecule has 0 aromatic carbocycles. The maximum atomic E-state index is 12.7. The summed E-state index contributed by atoms with van der Waals surface area (Å²) in [7, 11) is 0. The Hall–Kier alpha value is -1.99. The van der Waals surface area contributed by atoms with Gasteiger partial charge in [-0.25, -0.2) is 4.79 Å². The molecule has 1 aromatic rings. The number of carbonyl (C=O) groups excluding carboxylic acids is 1. The maximum Gasteiger partial charge on any atom is 0.422 e. The Morgan fingerprint density at radius 1 is 1.42 bits per heavy atom. The Morgan fingerprint density at radius 2 is 2.00 bits per heavy atom. The molecule has 1 aromatic heterocycles. The van der Waals surface area contributed by atoms with Crippen LogP contribution in [-0.4, -0.2) is 33.3 Å². The zero-order valence-electron chi connectivity index (χ0n) is 10.3. The average Bonchev–Trinajstić information content (AvgIpc) is 2.74. The van der Waals surface area contributed by atoms with E-state index in [0.29, 0.717) is 13.5 Å². The van der Waals surface area contributed by atoms with Gasteiger partial charge in [0.05, 0.1) is 0 Å². The molecule has 1 heterocycles. The molecule has 106 valence electrons. The monoisotopic (exact) mass is 278 g/mol. The Labute approximate surface area is 107 Å². The van der Waals surface area contributed by atoms with Gasteiger partial charge >= 0.3 is 12.1 Å². The van der Waals surface area contributed by atoms with Crippen molar-refractivity contribution in [3.05, 3.63) is 24.0 Å². The average molecular weight is 278 g/mol. The number of hydrogen-bond acceptors (Lipinski definition) is 2. The van der Waals surface area contributed by atoms with Crippen LogP contribution in [0.15, 0.2) is 18.3 Å². The van der Waals surface area contributed by atoms with Crippen molar-refractivity contribution < 1.29 is 27.9 Å². The van der Waals surface area contributed by atoms with E-state index in [0.717, 1.165) is 0 Å². The van der Waals surface area contributed by atoms with Crippen molar-refractivity contribution in [1.29, 1.82) is 0 Å². The van der Waals surface area contributed by atoms with Crippen molar-refractivity contribution in [2.24, 2.45) is 0 Å². The van der Waals surface area contributed by atoms with E-state index in [9.17, 15) is 22.8 Å². The van der Waals surface area contributed by atoms with E-state index in [-0.39, 0.29) is 5.69 Å². The lowest BCUT2D eigenvalue weighted by atomic mass is 10.0. The number of carboxylic acid groups (broad SMARTS) is 1. The lowest BCUT2D eigenvalue weighted by Crippen LogP contribution is -2.62. The number of carbonyl (C=O) groups is 2. The molecule has 1 rings (SSSR count). The molecule has 0 saturated heterocycles. The molecule has 1 unspecified atom stereocenters. The molecule has 0 saturated carbocycles. The fraction of sp³-hybridized carbons (Fsp3) is 0.455. The van der Waals surface area contributed by atoms with Crippen molar-refractivity contribution in [3.8, 4) is 0 Å². The highest BCUT2D eigenvalue weighted by Crippen LogP contribution is 2.30. The predicted octanol–water partition coefficient (Wildman–Crippen LogP) is 1.64. The van der Waals surface area contributed by atoms with Crippen molar-refractivity contribution >= 4 is 11.9 Å². The Morgan fingerprint density at radius 3 is 2.42 bits per heavy atom. The second kappa shape index (κ2) is 4.94. The highest BCUT2D eigenvalue weighted by Gasteiger charge is 2.58. The summed E-state index contributed by atoms with van der Waals surface area (Å²) >= 11 is 0. The number of hydrogen-bond donors (Lipinski definition) is 2. The normalized spacial score (nSPS) is 14.8. The summed E-state index contributed by atoms with van der Waals surface area (Å²) in [6.07, 6.45) is -3.58. The zero-order valence-corrected chi connectivity index (χ0v) is 10.3. The van der Waals surface area contributed by atoms with Gasteiger partial charge in [0.1, 0.15) is 5.69 Å². The molecule has 19 heavy (non-hydrogen) atoms. The number of nitrogens with one attached hydrogen (secondary N) is 1. The summed E-state index contributed by atoms with van der Waals surface area (Å²) in [6.45, 7) is 2.49. The minimum atomic E-state index is -5.10. The van der Waals surface area contributed by atoms with E-state index in [1.54, 1.807) is 6.92 Å². The summed E-state index contributed by atoms with van der Waals surface area (Å²) in [5.41, 5.74) is -3.35. The third kappa shape index (κ3) is 2.72. The van der Waals surface area contributed by atoms with Crippen LogP contribution in [0.4, 0.5) is 13.2 Å². The van der Waals surface area contributed by atoms with Crippen LogP contribution < -0.4 is 5.32 Å². The standard InChI is InChI=1S/C11H13F3N2O3/c1-3-16-6-4-5-7(16)8(17)15-10(2,9(18)19)11(12,13)14/h4-6H,3H2,1-2H3,(H,15,17)(H,18,19). The third-order valence-corrected chi connectivity index (χ3v) is 2.76. The smallest absolute Gasteiger partial charge is 0.422 e. The molecule has 8 heteroatoms. The second-order valence-electron chi connectivity index (χ2n) is 4.06. The van der Waals surface area contributed by atoms with E-state index in [1.807, 2.05) is 0 Å². The van der Waals surface area contributed by atoms with E-state index in [4.69, 9.17) is 5.11 Å². The van der Waals surface area contributed by atoms with Gasteiger partial charge in [0.2, 0.25) is 5.54 Å². The number of aliphatic carboxylic acids is 1. The van der Waals surface area contributed by atoms with Gasteiger partial charge in [-0.15, -0.1) is 0 Å². The van der Waals surface area contributed by atoms with Crippen LogP contribution in [0.25, 0.3) is 0 Å². The largest absolute Gasteiger partial charge is 0.479 e. The Balaban J connectivity index is 3.06. The zero-order chi connectivity index (χ0) is 14.8. The number of amides is 1. The van der Waals surface area contributed by atoms with E-state index < -0.39 is 23.6 Å². The molecule has 0 radical (unpaired) electrons. The lowest BCUT2D eigenvalue weighted by Gasteiger charge is -2.28. The van der Waals surface area contributed by atoms with Crippen LogP contribution in [0, 0.1) is 0 Å². The molecule has 0 bridgehead atoms. The van der Waals surface area contributed by atoms with E-state index in [2.05, 4.69) is 0 Å². The summed E-state index contributed by atoms with van der Waals surface area (Å²) in [5.74, 6) is -3.25. The quantitative estimate of drug-likeness (QED) is 0.879. The lowest BCUT2D eigenvalue weighted by molar-refractivity contribution is -0.203. The molecular formula is C11H13F3N2O3. The highest BCUT2D eigenvalue weighted by molar-refractivity contribution is 5.97. The molecule has 1 atom stereocenters. The molecule has 0 aliphatic heterocycles. The third-order valence-electron chi connectivity index (χ3n) is 2.76. The second-order valence-corrected chi connectivity index (χ2v) is 4.06. The van der Waals surface area contributed by atoms with Gasteiger partial charge in [-0.2, -0.15) is 13.2 Å². The summed E-state index contributed by atoms with van der Waals surface area (Å²) in [6, 6.07) is 2.81. The summed E-state index contributed by atoms with van der Waals surface area (Å²) < 4.78 is 39.6. The van der Waals surface area contributed by atoms with Crippen LogP contribution in [-0.2, 0) is 11.3 Å². The molecule has 0 fully saturated rings. The highest BCUT2D eigenvalue weighted by atomic mass is 19.4. The molecule has 2 N–H and O–H groups in total. The van der Waals surface area contributed by atoms with Crippen molar-refractivity contribution in [3.63, 3.8) is 0 Å². The van der Waals surface area contributed by atoms with Gasteiger partial charge in [0.25, 0.3) is 5.91 Å². The first kappa shape index (κ1) is 15.1. The fourth-order valence-corrected chi connectivity index (χ4v) is 1.43. The fourth-order valence-electron chi connectivity index (χ4n) is 1.43. The van der Waals surface area contributed by atoms with Crippen LogP contribution in [0.3, 0.4) is 0 Å². The first-order valence-electron chi connectivity index (χ1n) is 5.41. The number of alkyl halides is 3. The minimum Gasteiger partial charge on any atom is -0.479 e. The maximum absolute atomic E-state index is 12.7. The first-order chi connectivity index (χ1) is 8.63. The number of aromatic nitrogens is 1. The van der Waals surface area contributed by atoms with Gasteiger partial charge < -0.3 is 15.0 Å². The number of aryl methyl sites for hydroxylation is 1. The number of rotatable bonds is 4. The van der Waals surface area contributed by atoms with E-state index >= 15 is 0 Å². The van der Waals surface area contributed by atoms with Gasteiger partial charge in [0, 0.05) is 12.7 Å². The Bertz CT molecular complexity index is 496. The van der Waals surface area contributed by atoms with Gasteiger partial charge in [-0.3, -0.25) is 4.79 Å². The molecule has 0 aliphatic rings. The van der Waals surface area contributed by atoms with Crippen LogP contribution >= 0.6 is 0 Å². The van der Waals surface area contributed by atoms with Gasteiger partial charge in [-0.05, 0) is 26.0 Å². The van der Waals surface area contributed by atoms with Gasteiger partial charge in [-0.1, -0.05) is 0 Å². The Kier molecular flexibility index (Phi) is 3.92.